The van der Waals surface area contributed by atoms with Crippen LogP contribution in [0, 0.1) is 18.7 Å². The molecule has 0 N–H and O–H groups in total. The van der Waals surface area contributed by atoms with Crippen molar-refractivity contribution in [1.82, 2.24) is 10.1 Å². The van der Waals surface area contributed by atoms with Crippen LogP contribution in [0.5, 0.6) is 0 Å². The third-order valence-electron chi connectivity index (χ3n) is 5.26. The highest BCUT2D eigenvalue weighted by Gasteiger charge is 2.31. The summed E-state index contributed by atoms with van der Waals surface area (Å²) in [6.07, 6.45) is 1.38. The molecule has 1 fully saturated rings. The van der Waals surface area contributed by atoms with E-state index in [2.05, 4.69) is 5.16 Å². The molecule has 1 atom stereocenters. The molecular weight excluding hydrogens is 371 g/mol. The Balaban J connectivity index is 1.50. The van der Waals surface area contributed by atoms with Crippen LogP contribution in [0.25, 0.3) is 11.1 Å². The largest absolute Gasteiger partial charge is 0.361 e. The Morgan fingerprint density at radius 1 is 1.14 bits per heavy atom. The summed E-state index contributed by atoms with van der Waals surface area (Å²) in [4.78, 5) is 27.2. The highest BCUT2D eigenvalue weighted by Crippen LogP contribution is 2.27. The zero-order chi connectivity index (χ0) is 20.4. The summed E-state index contributed by atoms with van der Waals surface area (Å²) in [6, 6.07) is 15.4. The summed E-state index contributed by atoms with van der Waals surface area (Å²) >= 11 is 0. The van der Waals surface area contributed by atoms with Gasteiger partial charge in [0.15, 0.2) is 11.5 Å². The van der Waals surface area contributed by atoms with E-state index in [1.165, 1.54) is 6.07 Å². The van der Waals surface area contributed by atoms with E-state index >= 15 is 0 Å². The second kappa shape index (κ2) is 7.99. The molecule has 29 heavy (non-hydrogen) atoms. The maximum absolute atomic E-state index is 14.7. The van der Waals surface area contributed by atoms with Gasteiger partial charge in [-0.2, -0.15) is 0 Å². The molecule has 2 aromatic carbocycles. The number of likely N-dealkylation sites (tertiary alicyclic amines) is 1. The molecule has 1 amide bonds. The molecule has 0 bridgehead atoms. The van der Waals surface area contributed by atoms with Crippen molar-refractivity contribution in [1.29, 1.82) is 0 Å². The van der Waals surface area contributed by atoms with E-state index in [4.69, 9.17) is 4.52 Å². The van der Waals surface area contributed by atoms with Gasteiger partial charge in [-0.15, -0.1) is 0 Å². The number of ketones is 1. The second-order valence-corrected chi connectivity index (χ2v) is 7.34. The Bertz CT molecular complexity index is 1050. The first-order valence-corrected chi connectivity index (χ1v) is 9.64. The molecule has 0 radical (unpaired) electrons. The van der Waals surface area contributed by atoms with E-state index in [-0.39, 0.29) is 23.3 Å². The number of rotatable bonds is 4. The van der Waals surface area contributed by atoms with Crippen molar-refractivity contribution in [2.45, 2.75) is 19.8 Å². The molecule has 0 aliphatic carbocycles. The number of carbonyl (C=O) groups is 2. The first-order chi connectivity index (χ1) is 14.0. The molecule has 5 nitrogen and oxygen atoms in total. The molecule has 1 saturated heterocycles. The van der Waals surface area contributed by atoms with Crippen LogP contribution in [0.15, 0.2) is 59.1 Å². The number of Topliss-reactive ketones (excluding diaryl/α,β-unsaturated/α-hetero) is 1. The van der Waals surface area contributed by atoms with Crippen molar-refractivity contribution in [2.75, 3.05) is 13.1 Å². The zero-order valence-corrected chi connectivity index (χ0v) is 16.1. The van der Waals surface area contributed by atoms with Gasteiger partial charge in [0.05, 0.1) is 0 Å². The number of aryl methyl sites for hydroxylation is 1. The highest BCUT2D eigenvalue weighted by atomic mass is 19.1. The number of piperidine rings is 1. The van der Waals surface area contributed by atoms with E-state index < -0.39 is 5.82 Å². The van der Waals surface area contributed by atoms with Gasteiger partial charge >= 0.3 is 0 Å². The van der Waals surface area contributed by atoms with Gasteiger partial charge in [-0.25, -0.2) is 4.39 Å². The lowest BCUT2D eigenvalue weighted by molar-refractivity contribution is 0.0628. The smallest absolute Gasteiger partial charge is 0.276 e. The fourth-order valence-electron chi connectivity index (χ4n) is 3.76. The summed E-state index contributed by atoms with van der Waals surface area (Å²) in [5, 5.41) is 3.77. The van der Waals surface area contributed by atoms with Gasteiger partial charge in [0.1, 0.15) is 11.6 Å². The van der Waals surface area contributed by atoms with Crippen molar-refractivity contribution in [3.8, 4) is 11.1 Å². The molecule has 1 aromatic heterocycles. The predicted octanol–water partition coefficient (Wildman–Crippen LogP) is 4.52. The fraction of sp³-hybridized carbons (Fsp3) is 0.261. The summed E-state index contributed by atoms with van der Waals surface area (Å²) < 4.78 is 19.6. The molecule has 4 rings (SSSR count). The van der Waals surface area contributed by atoms with Crippen molar-refractivity contribution >= 4 is 11.7 Å². The number of carbonyl (C=O) groups excluding carboxylic acids is 2. The molecule has 1 aliphatic rings. The van der Waals surface area contributed by atoms with Gasteiger partial charge in [0, 0.05) is 36.2 Å². The van der Waals surface area contributed by atoms with Crippen molar-refractivity contribution in [3.63, 3.8) is 0 Å². The van der Waals surface area contributed by atoms with Gasteiger partial charge in [-0.1, -0.05) is 47.6 Å². The van der Waals surface area contributed by atoms with E-state index in [0.29, 0.717) is 42.8 Å². The third kappa shape index (κ3) is 3.97. The number of hydrogen-bond acceptors (Lipinski definition) is 4. The molecule has 0 unspecified atom stereocenters. The lowest BCUT2D eigenvalue weighted by atomic mass is 9.89. The number of aromatic nitrogens is 1. The summed E-state index contributed by atoms with van der Waals surface area (Å²) in [5.74, 6) is -0.610. The average molecular weight is 392 g/mol. The Kier molecular flexibility index (Phi) is 5.25. The van der Waals surface area contributed by atoms with Crippen molar-refractivity contribution in [3.05, 3.63) is 77.4 Å². The minimum Gasteiger partial charge on any atom is -0.361 e. The number of amides is 1. The van der Waals surface area contributed by atoms with E-state index in [9.17, 15) is 14.0 Å². The molecule has 3 aromatic rings. The summed E-state index contributed by atoms with van der Waals surface area (Å²) in [6.45, 7) is 2.58. The number of benzene rings is 2. The normalized spacial score (nSPS) is 16.6. The van der Waals surface area contributed by atoms with Gasteiger partial charge in [0.25, 0.3) is 5.91 Å². The molecular formula is C23H21FN2O3. The van der Waals surface area contributed by atoms with Gasteiger partial charge in [-0.05, 0) is 31.4 Å². The number of hydrogen-bond donors (Lipinski definition) is 0. The van der Waals surface area contributed by atoms with Gasteiger partial charge < -0.3 is 9.42 Å². The Hall–Kier alpha value is -3.28. The van der Waals surface area contributed by atoms with Crippen molar-refractivity contribution < 1.29 is 18.5 Å². The monoisotopic (exact) mass is 392 g/mol. The van der Waals surface area contributed by atoms with Gasteiger partial charge in [0.2, 0.25) is 0 Å². The standard InChI is InChI=1S/C23H21FN2O3/c1-15-12-21(25-29-15)23(28)26-11-5-8-18(14-26)22(27)17-9-10-19(20(24)13-17)16-6-3-2-4-7-16/h2-4,6-7,9-10,12-13,18H,5,8,11,14H2,1H3/t18-/m1/s1. The topological polar surface area (TPSA) is 63.4 Å². The number of halogens is 1. The van der Waals surface area contributed by atoms with E-state index in [1.807, 2.05) is 30.3 Å². The summed E-state index contributed by atoms with van der Waals surface area (Å²) in [7, 11) is 0. The van der Waals surface area contributed by atoms with Crippen LogP contribution in [0.3, 0.4) is 0 Å². The van der Waals surface area contributed by atoms with Crippen LogP contribution in [0.2, 0.25) is 0 Å². The lowest BCUT2D eigenvalue weighted by Crippen LogP contribution is -2.42. The molecule has 148 valence electrons. The Morgan fingerprint density at radius 3 is 2.62 bits per heavy atom. The molecule has 6 heteroatoms. The lowest BCUT2D eigenvalue weighted by Gasteiger charge is -2.31. The molecule has 0 saturated carbocycles. The first-order valence-electron chi connectivity index (χ1n) is 9.64. The second-order valence-electron chi connectivity index (χ2n) is 7.34. The fourth-order valence-corrected chi connectivity index (χ4v) is 3.76. The molecule has 0 spiro atoms. The highest BCUT2D eigenvalue weighted by molar-refractivity contribution is 5.99. The zero-order valence-electron chi connectivity index (χ0n) is 16.1. The average Bonchev–Trinajstić information content (AvgIpc) is 3.19. The van der Waals surface area contributed by atoms with Crippen LogP contribution >= 0.6 is 0 Å². The number of nitrogens with zero attached hydrogens (tertiary/aromatic N) is 2. The van der Waals surface area contributed by atoms with E-state index in [1.54, 1.807) is 30.0 Å². The summed E-state index contributed by atoms with van der Waals surface area (Å²) in [5.41, 5.74) is 1.80. The predicted molar refractivity (Wildman–Crippen MR) is 106 cm³/mol. The molecule has 2 heterocycles. The van der Waals surface area contributed by atoms with Crippen LogP contribution in [0.4, 0.5) is 4.39 Å². The maximum Gasteiger partial charge on any atom is 0.276 e. The Labute approximate surface area is 168 Å². The van der Waals surface area contributed by atoms with Crippen LogP contribution in [0.1, 0.15) is 39.4 Å². The minimum atomic E-state index is -0.427. The van der Waals surface area contributed by atoms with Crippen LogP contribution in [-0.4, -0.2) is 34.8 Å². The van der Waals surface area contributed by atoms with Crippen LogP contribution < -0.4 is 0 Å². The third-order valence-corrected chi connectivity index (χ3v) is 5.26. The van der Waals surface area contributed by atoms with E-state index in [0.717, 1.165) is 5.56 Å². The first kappa shape index (κ1) is 19.1. The maximum atomic E-state index is 14.7. The molecule has 1 aliphatic heterocycles. The quantitative estimate of drug-likeness (QED) is 0.612. The van der Waals surface area contributed by atoms with Crippen molar-refractivity contribution in [2.24, 2.45) is 5.92 Å². The minimum absolute atomic E-state index is 0.141. The Morgan fingerprint density at radius 2 is 1.93 bits per heavy atom. The van der Waals surface area contributed by atoms with Crippen LogP contribution in [-0.2, 0) is 0 Å². The SMILES string of the molecule is Cc1cc(C(=O)N2CCC[C@@H](C(=O)c3ccc(-c4ccccc4)c(F)c3)C2)no1. The van der Waals surface area contributed by atoms with Gasteiger partial charge in [-0.3, -0.25) is 9.59 Å².